The summed E-state index contributed by atoms with van der Waals surface area (Å²) in [4.78, 5) is 0. The minimum Gasteiger partial charge on any atom is -0.350 e. The van der Waals surface area contributed by atoms with Crippen LogP contribution >= 0.6 is 0 Å². The molecular formula is C12H19N. The monoisotopic (exact) mass is 177 g/mol. The first-order valence-electron chi connectivity index (χ1n) is 4.61. The molecule has 0 N–H and O–H groups in total. The van der Waals surface area contributed by atoms with Crippen molar-refractivity contribution in [2.24, 2.45) is 7.05 Å². The highest BCUT2D eigenvalue weighted by molar-refractivity contribution is 5.64. The van der Waals surface area contributed by atoms with Gasteiger partial charge in [0.05, 0.1) is 0 Å². The Hall–Kier alpha value is -1.24. The van der Waals surface area contributed by atoms with Crippen molar-refractivity contribution in [1.29, 1.82) is 0 Å². The SMILES string of the molecule is C=Cc1c(C)cn(C)c1C=C.CC. The summed E-state index contributed by atoms with van der Waals surface area (Å²) < 4.78 is 2.05. The van der Waals surface area contributed by atoms with Crippen molar-refractivity contribution < 1.29 is 0 Å². The largest absolute Gasteiger partial charge is 0.350 e. The van der Waals surface area contributed by atoms with E-state index in [4.69, 9.17) is 0 Å². The van der Waals surface area contributed by atoms with Crippen molar-refractivity contribution >= 4 is 12.2 Å². The average molecular weight is 177 g/mol. The zero-order valence-electron chi connectivity index (χ0n) is 9.09. The van der Waals surface area contributed by atoms with Gasteiger partial charge in [0.25, 0.3) is 0 Å². The summed E-state index contributed by atoms with van der Waals surface area (Å²) in [6.45, 7) is 13.6. The van der Waals surface area contributed by atoms with Crippen molar-refractivity contribution in [3.63, 3.8) is 0 Å². The van der Waals surface area contributed by atoms with E-state index in [-0.39, 0.29) is 0 Å². The van der Waals surface area contributed by atoms with E-state index in [1.807, 2.05) is 33.0 Å². The molecule has 0 fully saturated rings. The molecule has 0 atom stereocenters. The molecule has 1 rings (SSSR count). The molecule has 1 heteroatoms. The second kappa shape index (κ2) is 5.41. The zero-order chi connectivity index (χ0) is 10.4. The molecule has 1 aromatic rings. The van der Waals surface area contributed by atoms with E-state index in [2.05, 4.69) is 30.8 Å². The van der Waals surface area contributed by atoms with Crippen LogP contribution in [0.4, 0.5) is 0 Å². The van der Waals surface area contributed by atoms with Crippen LogP contribution < -0.4 is 0 Å². The van der Waals surface area contributed by atoms with Gasteiger partial charge in [-0.25, -0.2) is 0 Å². The fourth-order valence-electron chi connectivity index (χ4n) is 1.34. The Bertz CT molecular complexity index is 264. The van der Waals surface area contributed by atoms with Crippen LogP contribution in [0.2, 0.25) is 0 Å². The molecule has 0 spiro atoms. The first kappa shape index (κ1) is 11.8. The van der Waals surface area contributed by atoms with E-state index in [0.29, 0.717) is 0 Å². The highest BCUT2D eigenvalue weighted by Gasteiger charge is 2.03. The fourth-order valence-corrected chi connectivity index (χ4v) is 1.34. The molecule has 0 bridgehead atoms. The number of rotatable bonds is 2. The molecular weight excluding hydrogens is 158 g/mol. The van der Waals surface area contributed by atoms with Gasteiger partial charge in [0.15, 0.2) is 0 Å². The van der Waals surface area contributed by atoms with Gasteiger partial charge in [-0.2, -0.15) is 0 Å². The van der Waals surface area contributed by atoms with Crippen LogP contribution in [0.15, 0.2) is 19.4 Å². The Kier molecular flexibility index (Phi) is 4.90. The third-order valence-electron chi connectivity index (χ3n) is 1.87. The molecule has 0 aliphatic rings. The van der Waals surface area contributed by atoms with E-state index in [0.717, 1.165) is 5.69 Å². The lowest BCUT2D eigenvalue weighted by Crippen LogP contribution is -1.87. The average Bonchev–Trinajstić information content (AvgIpc) is 2.43. The summed E-state index contributed by atoms with van der Waals surface area (Å²) in [6.07, 6.45) is 5.80. The van der Waals surface area contributed by atoms with Gasteiger partial charge in [0.2, 0.25) is 0 Å². The number of hydrogen-bond acceptors (Lipinski definition) is 0. The van der Waals surface area contributed by atoms with Crippen molar-refractivity contribution in [1.82, 2.24) is 4.57 Å². The van der Waals surface area contributed by atoms with Crippen LogP contribution in [0.1, 0.15) is 30.7 Å². The summed E-state index contributed by atoms with van der Waals surface area (Å²) in [5.74, 6) is 0. The summed E-state index contributed by atoms with van der Waals surface area (Å²) >= 11 is 0. The van der Waals surface area contributed by atoms with E-state index in [9.17, 15) is 0 Å². The van der Waals surface area contributed by atoms with Crippen LogP contribution in [0, 0.1) is 6.92 Å². The molecule has 72 valence electrons. The van der Waals surface area contributed by atoms with Gasteiger partial charge < -0.3 is 4.57 Å². The summed E-state index contributed by atoms with van der Waals surface area (Å²) in [5.41, 5.74) is 3.57. The summed E-state index contributed by atoms with van der Waals surface area (Å²) in [6, 6.07) is 0. The van der Waals surface area contributed by atoms with Gasteiger partial charge in [-0.1, -0.05) is 33.1 Å². The maximum Gasteiger partial charge on any atom is 0.0474 e. The lowest BCUT2D eigenvalue weighted by atomic mass is 10.1. The van der Waals surface area contributed by atoms with Crippen LogP contribution in [0.5, 0.6) is 0 Å². The minimum absolute atomic E-state index is 1.14. The molecule has 0 saturated carbocycles. The minimum atomic E-state index is 1.14. The van der Waals surface area contributed by atoms with Gasteiger partial charge in [0, 0.05) is 24.5 Å². The van der Waals surface area contributed by atoms with Crippen molar-refractivity contribution in [2.75, 3.05) is 0 Å². The second-order valence-corrected chi connectivity index (χ2v) is 2.63. The molecule has 0 saturated heterocycles. The van der Waals surface area contributed by atoms with Crippen LogP contribution in [0.25, 0.3) is 12.2 Å². The number of aryl methyl sites for hydroxylation is 2. The van der Waals surface area contributed by atoms with E-state index in [1.165, 1.54) is 11.1 Å². The van der Waals surface area contributed by atoms with Gasteiger partial charge in [-0.3, -0.25) is 0 Å². The molecule has 1 nitrogen and oxygen atoms in total. The zero-order valence-corrected chi connectivity index (χ0v) is 9.09. The Morgan fingerprint density at radius 2 is 1.77 bits per heavy atom. The molecule has 0 aromatic carbocycles. The number of hydrogen-bond donors (Lipinski definition) is 0. The number of nitrogens with zero attached hydrogens (tertiary/aromatic N) is 1. The molecule has 0 aliphatic carbocycles. The van der Waals surface area contributed by atoms with Gasteiger partial charge >= 0.3 is 0 Å². The van der Waals surface area contributed by atoms with Crippen molar-refractivity contribution in [2.45, 2.75) is 20.8 Å². The van der Waals surface area contributed by atoms with Gasteiger partial charge in [0.1, 0.15) is 0 Å². The normalized spacial score (nSPS) is 8.62. The van der Waals surface area contributed by atoms with Crippen molar-refractivity contribution in [3.8, 4) is 0 Å². The molecule has 13 heavy (non-hydrogen) atoms. The molecule has 0 amide bonds. The topological polar surface area (TPSA) is 4.93 Å². The highest BCUT2D eigenvalue weighted by atomic mass is 14.9. The second-order valence-electron chi connectivity index (χ2n) is 2.63. The smallest absolute Gasteiger partial charge is 0.0474 e. The van der Waals surface area contributed by atoms with Crippen LogP contribution in [0.3, 0.4) is 0 Å². The van der Waals surface area contributed by atoms with Crippen LogP contribution in [-0.4, -0.2) is 4.57 Å². The maximum absolute atomic E-state index is 3.75. The lowest BCUT2D eigenvalue weighted by Gasteiger charge is -1.96. The van der Waals surface area contributed by atoms with Crippen LogP contribution in [-0.2, 0) is 7.05 Å². The first-order chi connectivity index (χ1) is 6.20. The van der Waals surface area contributed by atoms with Crippen molar-refractivity contribution in [3.05, 3.63) is 36.2 Å². The third-order valence-corrected chi connectivity index (χ3v) is 1.87. The summed E-state index contributed by atoms with van der Waals surface area (Å²) in [5, 5.41) is 0. The highest BCUT2D eigenvalue weighted by Crippen LogP contribution is 2.17. The molecule has 0 aliphatic heterocycles. The van der Waals surface area contributed by atoms with E-state index < -0.39 is 0 Å². The quantitative estimate of drug-likeness (QED) is 0.650. The standard InChI is InChI=1S/C10H13N.C2H6/c1-5-9-8(3)7-11(4)10(9)6-2;1-2/h5-7H,1-2H2,3-4H3;1-2H3. The van der Waals surface area contributed by atoms with E-state index >= 15 is 0 Å². The maximum atomic E-state index is 3.75. The fraction of sp³-hybridized carbons (Fsp3) is 0.333. The Morgan fingerprint density at radius 3 is 2.08 bits per heavy atom. The Balaban J connectivity index is 0.000000671. The predicted molar refractivity (Wildman–Crippen MR) is 61.7 cm³/mol. The molecule has 1 heterocycles. The third kappa shape index (κ3) is 2.35. The Labute approximate surface area is 81.4 Å². The Morgan fingerprint density at radius 1 is 1.23 bits per heavy atom. The molecule has 0 unspecified atom stereocenters. The van der Waals surface area contributed by atoms with Gasteiger partial charge in [-0.15, -0.1) is 0 Å². The lowest BCUT2D eigenvalue weighted by molar-refractivity contribution is 0.912. The predicted octanol–water partition coefficient (Wildman–Crippen LogP) is 3.65. The number of aromatic nitrogens is 1. The van der Waals surface area contributed by atoms with E-state index in [1.54, 1.807) is 0 Å². The first-order valence-corrected chi connectivity index (χ1v) is 4.61. The molecule has 0 radical (unpaired) electrons. The summed E-state index contributed by atoms with van der Waals surface area (Å²) in [7, 11) is 2.01. The van der Waals surface area contributed by atoms with Gasteiger partial charge in [-0.05, 0) is 18.6 Å². The molecule has 1 aromatic heterocycles.